The lowest BCUT2D eigenvalue weighted by Crippen LogP contribution is -2.37. The fraction of sp³-hybridized carbons (Fsp3) is 0.400. The molecule has 0 N–H and O–H groups in total. The highest BCUT2D eigenvalue weighted by molar-refractivity contribution is 7.15. The molecule has 142 valence electrons. The zero-order chi connectivity index (χ0) is 18.6. The maximum absolute atomic E-state index is 12.9. The Labute approximate surface area is 161 Å². The summed E-state index contributed by atoms with van der Waals surface area (Å²) >= 11 is 1.66. The minimum absolute atomic E-state index is 0.252. The van der Waals surface area contributed by atoms with Crippen LogP contribution in [0.3, 0.4) is 0 Å². The molecule has 7 heteroatoms. The van der Waals surface area contributed by atoms with E-state index in [-0.39, 0.29) is 11.7 Å². The smallest absolute Gasteiger partial charge is 0.257 e. The summed E-state index contributed by atoms with van der Waals surface area (Å²) in [5.41, 5.74) is 0. The molecular weight excluding hydrogens is 365 g/mol. The predicted octanol–water partition coefficient (Wildman–Crippen LogP) is 4.50. The summed E-state index contributed by atoms with van der Waals surface area (Å²) in [6.45, 7) is 5.38. The van der Waals surface area contributed by atoms with Crippen molar-refractivity contribution in [3.63, 3.8) is 0 Å². The van der Waals surface area contributed by atoms with Crippen LogP contribution in [0, 0.1) is 12.7 Å². The van der Waals surface area contributed by atoms with Crippen molar-refractivity contribution in [1.82, 2.24) is 15.1 Å². The lowest BCUT2D eigenvalue weighted by atomic mass is 9.98. The number of piperidine rings is 1. The molecule has 27 heavy (non-hydrogen) atoms. The van der Waals surface area contributed by atoms with Gasteiger partial charge in [0.1, 0.15) is 18.2 Å². The van der Waals surface area contributed by atoms with Gasteiger partial charge in [-0.25, -0.2) is 4.39 Å². The molecule has 0 amide bonds. The fourth-order valence-corrected chi connectivity index (χ4v) is 4.12. The van der Waals surface area contributed by atoms with Gasteiger partial charge < -0.3 is 9.15 Å². The fourth-order valence-electron chi connectivity index (χ4n) is 3.33. The highest BCUT2D eigenvalue weighted by atomic mass is 32.1. The molecule has 2 aromatic heterocycles. The monoisotopic (exact) mass is 387 g/mol. The van der Waals surface area contributed by atoms with E-state index in [0.717, 1.165) is 43.2 Å². The zero-order valence-corrected chi connectivity index (χ0v) is 16.0. The topological polar surface area (TPSA) is 51.4 Å². The summed E-state index contributed by atoms with van der Waals surface area (Å²) in [6.07, 6.45) is 2.15. The van der Waals surface area contributed by atoms with Gasteiger partial charge in [0.15, 0.2) is 0 Å². The van der Waals surface area contributed by atoms with E-state index in [9.17, 15) is 4.39 Å². The molecule has 3 heterocycles. The molecule has 1 fully saturated rings. The van der Waals surface area contributed by atoms with E-state index >= 15 is 0 Å². The lowest BCUT2D eigenvalue weighted by Gasteiger charge is -2.30. The maximum atomic E-state index is 12.9. The number of aryl methyl sites for hydroxylation is 1. The van der Waals surface area contributed by atoms with E-state index in [1.165, 1.54) is 17.0 Å². The van der Waals surface area contributed by atoms with E-state index in [2.05, 4.69) is 28.1 Å². The number of rotatable bonds is 6. The van der Waals surface area contributed by atoms with Crippen molar-refractivity contribution in [2.45, 2.75) is 25.7 Å². The SMILES string of the molecule is Cc1ccc(-c2nnc([C@@H]3CCCN(CCOc4ccc(F)cc4)C3)o2)s1. The van der Waals surface area contributed by atoms with Crippen molar-refractivity contribution in [3.8, 4) is 16.5 Å². The zero-order valence-electron chi connectivity index (χ0n) is 15.2. The second kappa shape index (κ2) is 8.19. The van der Waals surface area contributed by atoms with Crippen molar-refractivity contribution in [2.24, 2.45) is 0 Å². The van der Waals surface area contributed by atoms with Crippen LogP contribution in [0.25, 0.3) is 10.8 Å². The Kier molecular flexibility index (Phi) is 5.50. The number of hydrogen-bond donors (Lipinski definition) is 0. The summed E-state index contributed by atoms with van der Waals surface area (Å²) in [5.74, 6) is 2.03. The molecule has 1 aromatic carbocycles. The molecule has 0 bridgehead atoms. The average Bonchev–Trinajstić information content (AvgIpc) is 3.33. The summed E-state index contributed by atoms with van der Waals surface area (Å²) in [4.78, 5) is 4.61. The molecule has 0 radical (unpaired) electrons. The Morgan fingerprint density at radius 3 is 2.85 bits per heavy atom. The number of likely N-dealkylation sites (tertiary alicyclic amines) is 1. The molecule has 1 saturated heterocycles. The van der Waals surface area contributed by atoms with Crippen LogP contribution in [0.5, 0.6) is 5.75 Å². The number of nitrogens with zero attached hydrogens (tertiary/aromatic N) is 3. The number of hydrogen-bond acceptors (Lipinski definition) is 6. The quantitative estimate of drug-likeness (QED) is 0.623. The summed E-state index contributed by atoms with van der Waals surface area (Å²) in [5, 5.41) is 8.52. The van der Waals surface area contributed by atoms with Gasteiger partial charge in [0.05, 0.1) is 10.8 Å². The summed E-state index contributed by atoms with van der Waals surface area (Å²) < 4.78 is 24.6. The summed E-state index contributed by atoms with van der Waals surface area (Å²) in [6, 6.07) is 10.2. The molecule has 0 unspecified atom stereocenters. The lowest BCUT2D eigenvalue weighted by molar-refractivity contribution is 0.161. The number of ether oxygens (including phenoxy) is 1. The van der Waals surface area contributed by atoms with Gasteiger partial charge in [-0.2, -0.15) is 0 Å². The number of benzene rings is 1. The third kappa shape index (κ3) is 4.54. The van der Waals surface area contributed by atoms with Gasteiger partial charge in [-0.3, -0.25) is 4.90 Å². The Bertz CT molecular complexity index is 877. The minimum atomic E-state index is -0.252. The van der Waals surface area contributed by atoms with Crippen LogP contribution < -0.4 is 4.74 Å². The Hall–Kier alpha value is -2.25. The van der Waals surface area contributed by atoms with Crippen molar-refractivity contribution in [3.05, 3.63) is 53.0 Å². The molecule has 1 atom stereocenters. The first-order valence-corrected chi connectivity index (χ1v) is 10.00. The van der Waals surface area contributed by atoms with Crippen LogP contribution in [0.1, 0.15) is 29.5 Å². The van der Waals surface area contributed by atoms with Gasteiger partial charge in [-0.05, 0) is 62.7 Å². The normalized spacial score (nSPS) is 17.9. The first-order valence-electron chi connectivity index (χ1n) is 9.18. The average molecular weight is 387 g/mol. The van der Waals surface area contributed by atoms with Gasteiger partial charge in [0, 0.05) is 18.0 Å². The van der Waals surface area contributed by atoms with E-state index in [1.807, 2.05) is 6.07 Å². The second-order valence-corrected chi connectivity index (χ2v) is 8.09. The van der Waals surface area contributed by atoms with E-state index < -0.39 is 0 Å². The molecule has 0 aliphatic carbocycles. The molecular formula is C20H22FN3O2S. The Morgan fingerprint density at radius 2 is 2.07 bits per heavy atom. The first-order chi connectivity index (χ1) is 13.2. The molecule has 0 spiro atoms. The highest BCUT2D eigenvalue weighted by Gasteiger charge is 2.26. The van der Waals surface area contributed by atoms with Gasteiger partial charge in [-0.15, -0.1) is 21.5 Å². The Morgan fingerprint density at radius 1 is 1.22 bits per heavy atom. The van der Waals surface area contributed by atoms with E-state index in [4.69, 9.17) is 9.15 Å². The molecule has 0 saturated carbocycles. The standard InChI is InChI=1S/C20H22FN3O2S/c1-14-4-9-18(27-14)20-23-22-19(26-20)15-3-2-10-24(13-15)11-12-25-17-7-5-16(21)6-8-17/h4-9,15H,2-3,10-13H2,1H3/t15-/m1/s1. The maximum Gasteiger partial charge on any atom is 0.257 e. The van der Waals surface area contributed by atoms with Gasteiger partial charge in [0.25, 0.3) is 5.89 Å². The third-order valence-corrected chi connectivity index (χ3v) is 5.73. The van der Waals surface area contributed by atoms with Crippen LogP contribution >= 0.6 is 11.3 Å². The van der Waals surface area contributed by atoms with Crippen molar-refractivity contribution in [2.75, 3.05) is 26.2 Å². The predicted molar refractivity (Wildman–Crippen MR) is 103 cm³/mol. The van der Waals surface area contributed by atoms with Gasteiger partial charge in [0.2, 0.25) is 5.89 Å². The number of thiophene rings is 1. The van der Waals surface area contributed by atoms with Crippen molar-refractivity contribution < 1.29 is 13.5 Å². The molecule has 3 aromatic rings. The van der Waals surface area contributed by atoms with E-state index in [0.29, 0.717) is 18.2 Å². The number of aromatic nitrogens is 2. The first kappa shape index (κ1) is 18.1. The van der Waals surface area contributed by atoms with Crippen LogP contribution in [-0.4, -0.2) is 41.3 Å². The van der Waals surface area contributed by atoms with Crippen LogP contribution in [0.4, 0.5) is 4.39 Å². The molecule has 5 nitrogen and oxygen atoms in total. The van der Waals surface area contributed by atoms with Crippen LogP contribution in [-0.2, 0) is 0 Å². The van der Waals surface area contributed by atoms with E-state index in [1.54, 1.807) is 23.5 Å². The number of halogens is 1. The van der Waals surface area contributed by atoms with Crippen LogP contribution in [0.2, 0.25) is 0 Å². The second-order valence-electron chi connectivity index (χ2n) is 6.80. The van der Waals surface area contributed by atoms with Crippen molar-refractivity contribution in [1.29, 1.82) is 0 Å². The molecule has 1 aliphatic heterocycles. The molecule has 4 rings (SSSR count). The third-order valence-electron chi connectivity index (χ3n) is 4.74. The highest BCUT2D eigenvalue weighted by Crippen LogP contribution is 2.31. The minimum Gasteiger partial charge on any atom is -0.492 e. The summed E-state index contributed by atoms with van der Waals surface area (Å²) in [7, 11) is 0. The van der Waals surface area contributed by atoms with Crippen molar-refractivity contribution >= 4 is 11.3 Å². The Balaban J connectivity index is 1.31. The van der Waals surface area contributed by atoms with Gasteiger partial charge in [-0.1, -0.05) is 0 Å². The largest absolute Gasteiger partial charge is 0.492 e. The molecule has 1 aliphatic rings. The van der Waals surface area contributed by atoms with Gasteiger partial charge >= 0.3 is 0 Å². The van der Waals surface area contributed by atoms with Crippen LogP contribution in [0.15, 0.2) is 40.8 Å².